The van der Waals surface area contributed by atoms with E-state index >= 15 is 0 Å². The van der Waals surface area contributed by atoms with E-state index in [0.29, 0.717) is 5.02 Å². The van der Waals surface area contributed by atoms with Crippen LogP contribution in [-0.4, -0.2) is 42.8 Å². The summed E-state index contributed by atoms with van der Waals surface area (Å²) in [6, 6.07) is 3.43. The molecule has 0 bridgehead atoms. The summed E-state index contributed by atoms with van der Waals surface area (Å²) in [5, 5.41) is 12.0. The Bertz CT molecular complexity index is 523. The van der Waals surface area contributed by atoms with E-state index in [1.54, 1.807) is 6.07 Å². The molecule has 116 valence electrons. The highest BCUT2D eigenvalue weighted by Gasteiger charge is 2.24. The predicted molar refractivity (Wildman–Crippen MR) is 77.6 cm³/mol. The molecule has 0 saturated carbocycles. The largest absolute Gasteiger partial charge is 0.479 e. The molecule has 1 aromatic rings. The van der Waals surface area contributed by atoms with Gasteiger partial charge in [-0.1, -0.05) is 23.2 Å². The topological polar surface area (TPSA) is 84.9 Å². The Morgan fingerprint density at radius 1 is 1.38 bits per heavy atom. The number of esters is 1. The average Bonchev–Trinajstić information content (AvgIpc) is 2.46. The Balaban J connectivity index is 2.68. The van der Waals surface area contributed by atoms with E-state index in [4.69, 9.17) is 33.0 Å². The monoisotopic (exact) mass is 335 g/mol. The third-order valence-electron chi connectivity index (χ3n) is 2.55. The molecule has 1 aromatic carbocycles. The fourth-order valence-corrected chi connectivity index (χ4v) is 1.88. The molecule has 0 radical (unpaired) electrons. The molecule has 0 aliphatic rings. The number of aliphatic hydroxyl groups is 1. The minimum absolute atomic E-state index is 0.258. The van der Waals surface area contributed by atoms with Gasteiger partial charge in [0.15, 0.2) is 12.1 Å². The molecule has 0 aliphatic carbocycles. The van der Waals surface area contributed by atoms with Gasteiger partial charge in [-0.25, -0.2) is 4.79 Å². The summed E-state index contributed by atoms with van der Waals surface area (Å²) >= 11 is 11.7. The van der Waals surface area contributed by atoms with E-state index < -0.39 is 30.6 Å². The van der Waals surface area contributed by atoms with Crippen LogP contribution >= 0.6 is 23.2 Å². The molecule has 2 N–H and O–H groups in total. The summed E-state index contributed by atoms with van der Waals surface area (Å²) in [5.41, 5.74) is 0. The highest BCUT2D eigenvalue weighted by atomic mass is 35.5. The Kier molecular flexibility index (Phi) is 6.74. The number of carbonyl (C=O) groups excluding carboxylic acids is 2. The van der Waals surface area contributed by atoms with E-state index in [-0.39, 0.29) is 10.8 Å². The van der Waals surface area contributed by atoms with Gasteiger partial charge in [0.2, 0.25) is 0 Å². The number of ether oxygens (including phenoxy) is 2. The predicted octanol–water partition coefficient (Wildman–Crippen LogP) is 1.41. The van der Waals surface area contributed by atoms with Crippen molar-refractivity contribution in [3.63, 3.8) is 0 Å². The third-order valence-corrected chi connectivity index (χ3v) is 3.08. The molecule has 0 aromatic heterocycles. The van der Waals surface area contributed by atoms with Gasteiger partial charge >= 0.3 is 5.97 Å². The second kappa shape index (κ2) is 8.07. The first-order valence-corrected chi connectivity index (χ1v) is 6.75. The fraction of sp³-hybridized carbons (Fsp3) is 0.385. The molecular weight excluding hydrogens is 321 g/mol. The van der Waals surface area contributed by atoms with Gasteiger partial charge in [0.05, 0.1) is 18.7 Å². The highest BCUT2D eigenvalue weighted by molar-refractivity contribution is 6.35. The standard InChI is InChI=1S/C13H15Cl2NO5/c1-7(12(18)16-10(6-17)13(19)20-2)21-11-4-3-8(14)5-9(11)15/h3-5,7,10,17H,6H2,1-2H3,(H,16,18). The zero-order chi connectivity index (χ0) is 16.0. The van der Waals surface area contributed by atoms with Crippen molar-refractivity contribution in [2.45, 2.75) is 19.1 Å². The number of amides is 1. The SMILES string of the molecule is COC(=O)C(CO)NC(=O)C(C)Oc1ccc(Cl)cc1Cl. The number of hydrogen-bond donors (Lipinski definition) is 2. The lowest BCUT2D eigenvalue weighted by Crippen LogP contribution is -2.48. The molecule has 6 nitrogen and oxygen atoms in total. The summed E-state index contributed by atoms with van der Waals surface area (Å²) in [6.07, 6.45) is -0.928. The van der Waals surface area contributed by atoms with Crippen molar-refractivity contribution in [2.24, 2.45) is 0 Å². The Morgan fingerprint density at radius 2 is 2.05 bits per heavy atom. The van der Waals surface area contributed by atoms with Crippen molar-refractivity contribution in [1.82, 2.24) is 5.32 Å². The van der Waals surface area contributed by atoms with Gasteiger partial charge in [0, 0.05) is 5.02 Å². The molecular formula is C13H15Cl2NO5. The minimum atomic E-state index is -1.14. The minimum Gasteiger partial charge on any atom is -0.479 e. The number of methoxy groups -OCH3 is 1. The van der Waals surface area contributed by atoms with Crippen LogP contribution in [0.2, 0.25) is 10.0 Å². The van der Waals surface area contributed by atoms with Crippen molar-refractivity contribution in [3.05, 3.63) is 28.2 Å². The zero-order valence-electron chi connectivity index (χ0n) is 11.4. The summed E-state index contributed by atoms with van der Waals surface area (Å²) in [4.78, 5) is 23.2. The molecule has 0 aliphatic heterocycles. The molecule has 8 heteroatoms. The first-order chi connectivity index (χ1) is 9.88. The molecule has 2 atom stereocenters. The number of rotatable bonds is 6. The number of nitrogens with one attached hydrogen (secondary N) is 1. The lowest BCUT2D eigenvalue weighted by atomic mass is 10.2. The van der Waals surface area contributed by atoms with Crippen LogP contribution in [0, 0.1) is 0 Å². The smallest absolute Gasteiger partial charge is 0.330 e. The highest BCUT2D eigenvalue weighted by Crippen LogP contribution is 2.28. The number of hydrogen-bond acceptors (Lipinski definition) is 5. The fourth-order valence-electron chi connectivity index (χ4n) is 1.43. The molecule has 21 heavy (non-hydrogen) atoms. The Morgan fingerprint density at radius 3 is 2.57 bits per heavy atom. The Labute approximate surface area is 131 Å². The normalized spacial score (nSPS) is 13.2. The van der Waals surface area contributed by atoms with Crippen LogP contribution in [0.25, 0.3) is 0 Å². The second-order valence-electron chi connectivity index (χ2n) is 4.10. The molecule has 1 amide bonds. The molecule has 0 spiro atoms. The van der Waals surface area contributed by atoms with Gasteiger partial charge in [-0.2, -0.15) is 0 Å². The summed E-state index contributed by atoms with van der Waals surface area (Å²) < 4.78 is 9.83. The van der Waals surface area contributed by atoms with E-state index in [2.05, 4.69) is 10.1 Å². The van der Waals surface area contributed by atoms with Crippen molar-refractivity contribution >= 4 is 35.1 Å². The average molecular weight is 336 g/mol. The zero-order valence-corrected chi connectivity index (χ0v) is 12.9. The van der Waals surface area contributed by atoms with Gasteiger partial charge in [0.1, 0.15) is 5.75 Å². The lowest BCUT2D eigenvalue weighted by Gasteiger charge is -2.19. The maximum absolute atomic E-state index is 11.9. The number of carbonyl (C=O) groups is 2. The van der Waals surface area contributed by atoms with E-state index in [0.717, 1.165) is 7.11 Å². The van der Waals surface area contributed by atoms with E-state index in [9.17, 15) is 9.59 Å². The van der Waals surface area contributed by atoms with Crippen molar-refractivity contribution in [3.8, 4) is 5.75 Å². The van der Waals surface area contributed by atoms with E-state index in [1.165, 1.54) is 19.1 Å². The van der Waals surface area contributed by atoms with Gasteiger partial charge in [-0.3, -0.25) is 4.79 Å². The molecule has 0 heterocycles. The molecule has 1 rings (SSSR count). The molecule has 0 saturated heterocycles. The lowest BCUT2D eigenvalue weighted by molar-refractivity contribution is -0.147. The van der Waals surface area contributed by atoms with Gasteiger partial charge in [-0.15, -0.1) is 0 Å². The van der Waals surface area contributed by atoms with E-state index in [1.807, 2.05) is 0 Å². The first kappa shape index (κ1) is 17.6. The summed E-state index contributed by atoms with van der Waals surface area (Å²) in [6.45, 7) is 0.902. The maximum atomic E-state index is 11.9. The van der Waals surface area contributed by atoms with Crippen LogP contribution in [0.3, 0.4) is 0 Å². The van der Waals surface area contributed by atoms with Crippen LogP contribution in [-0.2, 0) is 14.3 Å². The van der Waals surface area contributed by atoms with Crippen LogP contribution < -0.4 is 10.1 Å². The quantitative estimate of drug-likeness (QED) is 0.768. The number of aliphatic hydroxyl groups excluding tert-OH is 1. The third kappa shape index (κ3) is 5.08. The van der Waals surface area contributed by atoms with Gasteiger partial charge < -0.3 is 19.9 Å². The maximum Gasteiger partial charge on any atom is 0.330 e. The van der Waals surface area contributed by atoms with Crippen LogP contribution in [0.1, 0.15) is 6.92 Å². The second-order valence-corrected chi connectivity index (χ2v) is 4.95. The molecule has 0 fully saturated rings. The van der Waals surface area contributed by atoms with Crippen LogP contribution in [0.4, 0.5) is 0 Å². The van der Waals surface area contributed by atoms with Gasteiger partial charge in [0.25, 0.3) is 5.91 Å². The summed E-state index contributed by atoms with van der Waals surface area (Å²) in [5.74, 6) is -1.06. The van der Waals surface area contributed by atoms with Gasteiger partial charge in [-0.05, 0) is 25.1 Å². The summed E-state index contributed by atoms with van der Waals surface area (Å²) in [7, 11) is 1.16. The van der Waals surface area contributed by atoms with Crippen LogP contribution in [0.5, 0.6) is 5.75 Å². The van der Waals surface area contributed by atoms with Crippen molar-refractivity contribution in [1.29, 1.82) is 0 Å². The van der Waals surface area contributed by atoms with Crippen molar-refractivity contribution in [2.75, 3.05) is 13.7 Å². The van der Waals surface area contributed by atoms with Crippen molar-refractivity contribution < 1.29 is 24.2 Å². The molecule has 2 unspecified atom stereocenters. The number of benzene rings is 1. The Hall–Kier alpha value is -1.50. The van der Waals surface area contributed by atoms with Crippen LogP contribution in [0.15, 0.2) is 18.2 Å². The number of halogens is 2. The first-order valence-electron chi connectivity index (χ1n) is 5.99.